The van der Waals surface area contributed by atoms with E-state index in [9.17, 15) is 13.2 Å². The number of aryl methyl sites for hydroxylation is 1. The lowest BCUT2D eigenvalue weighted by atomic mass is 10.1. The zero-order valence-electron chi connectivity index (χ0n) is 11.9. The van der Waals surface area contributed by atoms with Gasteiger partial charge in [0.05, 0.1) is 11.8 Å². The molecule has 1 aromatic rings. The summed E-state index contributed by atoms with van der Waals surface area (Å²) in [6.07, 6.45) is 3.94. The first-order chi connectivity index (χ1) is 9.45. The topological polar surface area (TPSA) is 85.4 Å². The summed E-state index contributed by atoms with van der Waals surface area (Å²) in [6, 6.07) is -0.192. The summed E-state index contributed by atoms with van der Waals surface area (Å²) in [6.45, 7) is 2.12. The highest BCUT2D eigenvalue weighted by Gasteiger charge is 2.27. The molecule has 7 nitrogen and oxygen atoms in total. The molecule has 0 N–H and O–H groups in total. The summed E-state index contributed by atoms with van der Waals surface area (Å²) in [4.78, 5) is 11.7. The fraction of sp³-hybridized carbons (Fsp3) is 0.833. The predicted octanol–water partition coefficient (Wildman–Crippen LogP) is 0.775. The molecule has 0 spiro atoms. The quantitative estimate of drug-likeness (QED) is 0.802. The Balaban J connectivity index is 2.21. The van der Waals surface area contributed by atoms with Crippen molar-refractivity contribution in [3.63, 3.8) is 0 Å². The van der Waals surface area contributed by atoms with Gasteiger partial charge in [-0.2, -0.15) is 0 Å². The lowest BCUT2D eigenvalue weighted by molar-refractivity contribution is 0.323. The number of fused-ring (bicyclic) bond motifs is 1. The summed E-state index contributed by atoms with van der Waals surface area (Å²) >= 11 is 0. The highest BCUT2D eigenvalue weighted by atomic mass is 32.2. The number of rotatable bonds is 5. The molecule has 0 radical (unpaired) electrons. The van der Waals surface area contributed by atoms with Gasteiger partial charge in [-0.3, -0.25) is 9.09 Å². The number of hydrogen-bond acceptors (Lipinski definition) is 5. The van der Waals surface area contributed by atoms with Gasteiger partial charge in [-0.1, -0.05) is 18.5 Å². The molecule has 20 heavy (non-hydrogen) atoms. The van der Waals surface area contributed by atoms with E-state index >= 15 is 0 Å². The minimum atomic E-state index is -3.25. The molecule has 1 aliphatic rings. The Hall–Kier alpha value is -1.15. The maximum Gasteiger partial charge on any atom is 0.441 e. The van der Waals surface area contributed by atoms with E-state index in [2.05, 4.69) is 5.16 Å². The Bertz CT molecular complexity index is 604. The molecular weight excluding hydrogens is 282 g/mol. The van der Waals surface area contributed by atoms with Crippen molar-refractivity contribution < 1.29 is 12.9 Å². The van der Waals surface area contributed by atoms with Crippen molar-refractivity contribution >= 4 is 10.0 Å². The van der Waals surface area contributed by atoms with Crippen LogP contribution in [0.5, 0.6) is 0 Å². The highest BCUT2D eigenvalue weighted by Crippen LogP contribution is 2.22. The summed E-state index contributed by atoms with van der Waals surface area (Å²) in [7, 11) is -1.69. The van der Waals surface area contributed by atoms with Gasteiger partial charge in [0, 0.05) is 20.0 Å². The molecule has 0 saturated heterocycles. The van der Waals surface area contributed by atoms with Crippen LogP contribution in [0.15, 0.2) is 9.32 Å². The molecule has 0 amide bonds. The van der Waals surface area contributed by atoms with Gasteiger partial charge in [0.1, 0.15) is 0 Å². The van der Waals surface area contributed by atoms with Crippen molar-refractivity contribution in [3.05, 3.63) is 16.4 Å². The van der Waals surface area contributed by atoms with Crippen molar-refractivity contribution in [1.29, 1.82) is 0 Å². The molecule has 8 heteroatoms. The van der Waals surface area contributed by atoms with Crippen LogP contribution in [0.1, 0.15) is 44.5 Å². The van der Waals surface area contributed by atoms with E-state index in [1.165, 1.54) is 8.87 Å². The van der Waals surface area contributed by atoms with Crippen molar-refractivity contribution in [2.75, 3.05) is 19.3 Å². The zero-order valence-corrected chi connectivity index (χ0v) is 12.7. The van der Waals surface area contributed by atoms with Gasteiger partial charge in [0.25, 0.3) is 0 Å². The van der Waals surface area contributed by atoms with E-state index < -0.39 is 15.8 Å². The number of likely N-dealkylation sites (N-methyl/N-ethyl adjacent to an activating group) is 1. The average Bonchev–Trinajstić information content (AvgIpc) is 2.62. The lowest BCUT2D eigenvalue weighted by Gasteiger charge is -2.23. The fourth-order valence-corrected chi connectivity index (χ4v) is 3.83. The van der Waals surface area contributed by atoms with Gasteiger partial charge in [-0.05, 0) is 19.3 Å². The largest absolute Gasteiger partial charge is 0.441 e. The molecule has 0 bridgehead atoms. The summed E-state index contributed by atoms with van der Waals surface area (Å²) in [5, 5.41) is 3.78. The second-order valence-electron chi connectivity index (χ2n) is 5.23. The van der Waals surface area contributed by atoms with Gasteiger partial charge < -0.3 is 0 Å². The smallest absolute Gasteiger partial charge is 0.296 e. The van der Waals surface area contributed by atoms with Crippen molar-refractivity contribution in [1.82, 2.24) is 14.0 Å². The summed E-state index contributed by atoms with van der Waals surface area (Å²) < 4.78 is 31.6. The zero-order chi connectivity index (χ0) is 14.8. The minimum absolute atomic E-state index is 0.127. The molecule has 2 rings (SSSR count). The first kappa shape index (κ1) is 15.2. The maximum absolute atomic E-state index is 12.0. The normalized spacial score (nSPS) is 19.9. The van der Waals surface area contributed by atoms with Gasteiger partial charge in [-0.15, -0.1) is 0 Å². The van der Waals surface area contributed by atoms with E-state index in [4.69, 9.17) is 4.52 Å². The molecule has 0 fully saturated rings. The van der Waals surface area contributed by atoms with Crippen LogP contribution in [-0.4, -0.2) is 41.8 Å². The number of sulfonamides is 1. The molecule has 114 valence electrons. The van der Waals surface area contributed by atoms with E-state index in [1.54, 1.807) is 7.05 Å². The standard InChI is InChI=1S/C12H21N3O4S/c1-3-8-20(17,18)14(2)9-10-6-4-5-7-11-13-19-12(16)15(10)11/h10H,3-9H2,1-2H3. The van der Waals surface area contributed by atoms with Crippen molar-refractivity contribution in [2.24, 2.45) is 0 Å². The molecule has 1 atom stereocenters. The van der Waals surface area contributed by atoms with E-state index in [-0.39, 0.29) is 18.3 Å². The van der Waals surface area contributed by atoms with Crippen LogP contribution in [-0.2, 0) is 16.4 Å². The third-order valence-corrected chi connectivity index (χ3v) is 5.68. The fourth-order valence-electron chi connectivity index (χ4n) is 2.60. The molecular formula is C12H21N3O4S. The van der Waals surface area contributed by atoms with Crippen molar-refractivity contribution in [3.8, 4) is 0 Å². The Morgan fingerprint density at radius 3 is 2.90 bits per heavy atom. The van der Waals surface area contributed by atoms with Crippen LogP contribution in [0.25, 0.3) is 0 Å². The monoisotopic (exact) mass is 303 g/mol. The van der Waals surface area contributed by atoms with Crippen LogP contribution in [0.3, 0.4) is 0 Å². The Morgan fingerprint density at radius 1 is 1.45 bits per heavy atom. The average molecular weight is 303 g/mol. The van der Waals surface area contributed by atoms with Crippen LogP contribution < -0.4 is 5.76 Å². The molecule has 0 aliphatic carbocycles. The van der Waals surface area contributed by atoms with Crippen LogP contribution >= 0.6 is 0 Å². The summed E-state index contributed by atoms with van der Waals surface area (Å²) in [5.74, 6) is 0.258. The van der Waals surface area contributed by atoms with Gasteiger partial charge >= 0.3 is 5.76 Å². The molecule has 1 unspecified atom stereocenters. The molecule has 0 aromatic carbocycles. The molecule has 1 aliphatic heterocycles. The number of nitrogens with zero attached hydrogens (tertiary/aromatic N) is 3. The second-order valence-corrected chi connectivity index (χ2v) is 7.43. The van der Waals surface area contributed by atoms with E-state index in [1.807, 2.05) is 6.92 Å². The van der Waals surface area contributed by atoms with Gasteiger partial charge in [0.15, 0.2) is 5.82 Å². The Morgan fingerprint density at radius 2 is 2.20 bits per heavy atom. The highest BCUT2D eigenvalue weighted by molar-refractivity contribution is 7.89. The predicted molar refractivity (Wildman–Crippen MR) is 74.1 cm³/mol. The Kier molecular flexibility index (Phi) is 4.64. The minimum Gasteiger partial charge on any atom is -0.296 e. The van der Waals surface area contributed by atoms with Gasteiger partial charge in [0.2, 0.25) is 10.0 Å². The Labute approximate surface area is 118 Å². The molecule has 0 saturated carbocycles. The van der Waals surface area contributed by atoms with Crippen molar-refractivity contribution in [2.45, 2.75) is 45.1 Å². The maximum atomic E-state index is 12.0. The number of hydrogen-bond donors (Lipinski definition) is 0. The second kappa shape index (κ2) is 6.09. The molecule has 2 heterocycles. The number of aromatic nitrogens is 2. The SMILES string of the molecule is CCCS(=O)(=O)N(C)CC1CCCCc2noc(=O)n21. The first-order valence-electron chi connectivity index (χ1n) is 6.97. The third kappa shape index (κ3) is 3.12. The third-order valence-electron chi connectivity index (χ3n) is 3.66. The molecule has 1 aromatic heterocycles. The van der Waals surface area contributed by atoms with E-state index in [0.29, 0.717) is 18.7 Å². The van der Waals surface area contributed by atoms with Gasteiger partial charge in [-0.25, -0.2) is 17.5 Å². The summed E-state index contributed by atoms with van der Waals surface area (Å²) in [5.41, 5.74) is 0. The lowest BCUT2D eigenvalue weighted by Crippen LogP contribution is -2.36. The van der Waals surface area contributed by atoms with Crippen LogP contribution in [0.2, 0.25) is 0 Å². The van der Waals surface area contributed by atoms with Crippen LogP contribution in [0.4, 0.5) is 0 Å². The van der Waals surface area contributed by atoms with Crippen LogP contribution in [0, 0.1) is 0 Å². The first-order valence-corrected chi connectivity index (χ1v) is 8.57. The van der Waals surface area contributed by atoms with E-state index in [0.717, 1.165) is 19.3 Å².